The molecule has 3 nitrogen and oxygen atoms in total. The number of rotatable bonds is 6. The quantitative estimate of drug-likeness (QED) is 0.0947. The zero-order valence-electron chi connectivity index (χ0n) is 38.3. The Bertz CT molecular complexity index is 3070. The van der Waals surface area contributed by atoms with Crippen LogP contribution >= 0.6 is 0 Å². The van der Waals surface area contributed by atoms with Crippen LogP contribution in [0, 0.1) is 19.0 Å². The summed E-state index contributed by atoms with van der Waals surface area (Å²) in [6.07, 6.45) is 3.66. The van der Waals surface area contributed by atoms with Crippen LogP contribution in [-0.2, 0) is 20.1 Å². The summed E-state index contributed by atoms with van der Waals surface area (Å²) in [5.41, 5.74) is 9.01. The molecule has 287 valence electrons. The predicted octanol–water partition coefficient (Wildman–Crippen LogP) is 14.1. The number of hydrogen-bond donors (Lipinski definition) is 0. The Morgan fingerprint density at radius 1 is 0.702 bits per heavy atom. The molecule has 0 bridgehead atoms. The van der Waals surface area contributed by atoms with Gasteiger partial charge in [0, 0.05) is 44.7 Å². The van der Waals surface area contributed by atoms with Crippen LogP contribution in [0.5, 0.6) is 0 Å². The molecule has 0 saturated carbocycles. The molecule has 0 fully saturated rings. The molecule has 3 heterocycles. The van der Waals surface area contributed by atoms with Gasteiger partial charge in [0.2, 0.25) is 0 Å². The largest absolute Gasteiger partial charge is 0.501 e. The smallest absolute Gasteiger partial charge is 0.121 e. The Morgan fingerprint density at radius 2 is 1.47 bits per heavy atom. The molecule has 5 heteroatoms. The van der Waals surface area contributed by atoms with E-state index in [1.54, 1.807) is 18.3 Å². The summed E-state index contributed by atoms with van der Waals surface area (Å²) >= 11 is 0. The van der Waals surface area contributed by atoms with Gasteiger partial charge in [0.05, 0.1) is 13.7 Å². The molecule has 0 saturated heterocycles. The fraction of sp³-hybridized carbons (Fsp3) is 0.192. The number of furan rings is 1. The normalized spacial score (nSPS) is 13.6. The van der Waals surface area contributed by atoms with E-state index in [-0.39, 0.29) is 25.7 Å². The summed E-state index contributed by atoms with van der Waals surface area (Å²) in [7, 11) is -1.61. The number of aryl methyl sites for hydroxylation is 1. The summed E-state index contributed by atoms with van der Waals surface area (Å²) in [5, 5.41) is 8.09. The number of aromatic nitrogens is 2. The van der Waals surface area contributed by atoms with Crippen molar-refractivity contribution in [2.75, 3.05) is 0 Å². The van der Waals surface area contributed by atoms with Gasteiger partial charge < -0.3 is 14.4 Å². The van der Waals surface area contributed by atoms with Gasteiger partial charge >= 0.3 is 0 Å². The van der Waals surface area contributed by atoms with Gasteiger partial charge in [-0.1, -0.05) is 161 Å². The molecular formula is C52H48IrN2OSi-2. The standard InChI is InChI=1S/C34H24NO.C18H24NSi.Ir/c1-21(2)24-16-17-35-31(19-24)28-15-14-27(22-8-4-3-5-9-22)33-30-18-25-13-12-23-10-6-7-11-26(23)29(25)20-32(30)36-34(28)33;1-13(2)16-11-17(15-9-7-14(3)8-10-15)19-12-18(16)20(4,5)6;/h3-14,16-21H,1-2H3;7-9,11-13H,1-6H3;/q2*-1;/i21D;3D3,13D;. The van der Waals surface area contributed by atoms with Gasteiger partial charge in [-0.05, 0) is 73.5 Å². The van der Waals surface area contributed by atoms with Crippen LogP contribution in [0.2, 0.25) is 19.6 Å². The van der Waals surface area contributed by atoms with Crippen LogP contribution in [0.4, 0.5) is 0 Å². The maximum atomic E-state index is 8.52. The zero-order valence-corrected chi connectivity index (χ0v) is 36.7. The van der Waals surface area contributed by atoms with Crippen molar-refractivity contribution in [1.29, 1.82) is 0 Å². The second-order valence-corrected chi connectivity index (χ2v) is 20.9. The summed E-state index contributed by atoms with van der Waals surface area (Å²) in [6, 6.07) is 46.9. The van der Waals surface area contributed by atoms with E-state index in [1.165, 1.54) is 32.8 Å². The number of benzene rings is 6. The van der Waals surface area contributed by atoms with Crippen molar-refractivity contribution in [3.63, 3.8) is 0 Å². The fourth-order valence-corrected chi connectivity index (χ4v) is 9.02. The van der Waals surface area contributed by atoms with Gasteiger partial charge in [-0.3, -0.25) is 0 Å². The molecule has 0 unspecified atom stereocenters. The minimum atomic E-state index is -2.13. The van der Waals surface area contributed by atoms with Crippen LogP contribution in [0.3, 0.4) is 0 Å². The zero-order chi connectivity index (χ0) is 43.5. The molecule has 3 aromatic heterocycles. The van der Waals surface area contributed by atoms with Crippen LogP contribution < -0.4 is 5.19 Å². The van der Waals surface area contributed by atoms with E-state index >= 15 is 0 Å². The Labute approximate surface area is 358 Å². The van der Waals surface area contributed by atoms with Gasteiger partial charge in [-0.15, -0.1) is 47.5 Å². The molecular weight excluding hydrogens is 889 g/mol. The molecule has 0 amide bonds. The van der Waals surface area contributed by atoms with E-state index in [0.29, 0.717) is 0 Å². The first kappa shape index (κ1) is 33.9. The van der Waals surface area contributed by atoms with Crippen LogP contribution in [0.15, 0.2) is 138 Å². The third-order valence-electron chi connectivity index (χ3n) is 10.4. The summed E-state index contributed by atoms with van der Waals surface area (Å²) in [6.45, 7) is 12.2. The second-order valence-electron chi connectivity index (χ2n) is 15.9. The van der Waals surface area contributed by atoms with Crippen molar-refractivity contribution >= 4 is 56.7 Å². The van der Waals surface area contributed by atoms with E-state index in [2.05, 4.69) is 115 Å². The third kappa shape index (κ3) is 8.02. The van der Waals surface area contributed by atoms with Crippen molar-refractivity contribution < 1.29 is 31.4 Å². The van der Waals surface area contributed by atoms with Gasteiger partial charge in [0.15, 0.2) is 0 Å². The van der Waals surface area contributed by atoms with Gasteiger partial charge in [0.25, 0.3) is 0 Å². The first-order valence-corrected chi connectivity index (χ1v) is 22.6. The van der Waals surface area contributed by atoms with E-state index in [9.17, 15) is 0 Å². The van der Waals surface area contributed by atoms with Crippen molar-refractivity contribution in [2.24, 2.45) is 0 Å². The number of fused-ring (bicyclic) bond motifs is 6. The Hall–Kier alpha value is -5.19. The van der Waals surface area contributed by atoms with Crippen molar-refractivity contribution in [3.05, 3.63) is 163 Å². The maximum Gasteiger partial charge on any atom is 0.121 e. The van der Waals surface area contributed by atoms with Crippen molar-refractivity contribution in [1.82, 2.24) is 9.97 Å². The van der Waals surface area contributed by atoms with Crippen LogP contribution in [0.25, 0.3) is 77.1 Å². The summed E-state index contributed by atoms with van der Waals surface area (Å²) < 4.78 is 46.0. The van der Waals surface area contributed by atoms with Gasteiger partial charge in [-0.2, -0.15) is 0 Å². The van der Waals surface area contributed by atoms with Crippen LogP contribution in [0.1, 0.15) is 63.0 Å². The molecule has 57 heavy (non-hydrogen) atoms. The fourth-order valence-electron chi connectivity index (χ4n) is 7.44. The molecule has 0 aliphatic carbocycles. The molecule has 9 rings (SSSR count). The van der Waals surface area contributed by atoms with E-state index in [1.807, 2.05) is 64.2 Å². The molecule has 6 aromatic carbocycles. The molecule has 0 atom stereocenters. The van der Waals surface area contributed by atoms with Crippen LogP contribution in [-0.4, -0.2) is 18.0 Å². The van der Waals surface area contributed by atoms with E-state index < -0.39 is 26.7 Å². The average Bonchev–Trinajstić information content (AvgIpc) is 3.60. The minimum Gasteiger partial charge on any atom is -0.501 e. The molecule has 0 aliphatic heterocycles. The number of pyridine rings is 2. The number of nitrogens with zero attached hydrogens (tertiary/aromatic N) is 2. The summed E-state index contributed by atoms with van der Waals surface area (Å²) in [5.74, 6) is -1.45. The maximum absolute atomic E-state index is 8.52. The Kier molecular flexibility index (Phi) is 9.72. The molecule has 1 radical (unpaired) electrons. The first-order chi connectivity index (χ1) is 28.8. The monoisotopic (exact) mass is 942 g/mol. The number of hydrogen-bond acceptors (Lipinski definition) is 3. The molecule has 0 aliphatic rings. The molecule has 9 aromatic rings. The minimum absolute atomic E-state index is 0. The van der Waals surface area contributed by atoms with E-state index in [0.717, 1.165) is 66.7 Å². The van der Waals surface area contributed by atoms with Gasteiger partial charge in [-0.25, -0.2) is 0 Å². The SMILES string of the molecule is [2H]C(C)(C)c1ccnc(-c2[c-]cc(-c3ccccc3)c3c2oc2cc4c(ccc5ccccc54)cc23)c1.[2H]C([2H])([2H])c1c[c-]c(-c2cc(C([2H])(C)C)c([Si](C)(C)C)cn2)cc1.[Ir]. The topological polar surface area (TPSA) is 38.9 Å². The molecule has 0 spiro atoms. The Balaban J connectivity index is 0.000000202. The van der Waals surface area contributed by atoms with Crippen molar-refractivity contribution in [3.8, 4) is 33.6 Å². The van der Waals surface area contributed by atoms with Gasteiger partial charge in [0.1, 0.15) is 5.58 Å². The first-order valence-electron chi connectivity index (χ1n) is 21.6. The average molecular weight is 942 g/mol. The third-order valence-corrected chi connectivity index (χ3v) is 12.4. The summed E-state index contributed by atoms with van der Waals surface area (Å²) in [4.78, 5) is 9.23. The van der Waals surface area contributed by atoms with E-state index in [4.69, 9.17) is 11.3 Å². The van der Waals surface area contributed by atoms with Crippen molar-refractivity contribution in [2.45, 2.75) is 66.0 Å². The molecule has 0 N–H and O–H groups in total. The predicted molar refractivity (Wildman–Crippen MR) is 241 cm³/mol. The second kappa shape index (κ2) is 16.3. The Morgan fingerprint density at radius 3 is 2.19 bits per heavy atom.